The summed E-state index contributed by atoms with van der Waals surface area (Å²) in [5.41, 5.74) is 5.12. The predicted molar refractivity (Wildman–Crippen MR) is 98.6 cm³/mol. The van der Waals surface area contributed by atoms with E-state index in [0.29, 0.717) is 13.0 Å². The van der Waals surface area contributed by atoms with Gasteiger partial charge < -0.3 is 10.1 Å². The quantitative estimate of drug-likeness (QED) is 0.837. The summed E-state index contributed by atoms with van der Waals surface area (Å²) in [6.45, 7) is 4.23. The van der Waals surface area contributed by atoms with E-state index >= 15 is 0 Å². The predicted octanol–water partition coefficient (Wildman–Crippen LogP) is 3.84. The number of rotatable bonds is 5. The van der Waals surface area contributed by atoms with Gasteiger partial charge in [-0.2, -0.15) is 0 Å². The highest BCUT2D eigenvalue weighted by atomic mass is 35.5. The molecule has 0 saturated carbocycles. The van der Waals surface area contributed by atoms with Crippen LogP contribution in [0.2, 0.25) is 0 Å². The zero-order valence-electron chi connectivity index (χ0n) is 14.0. The van der Waals surface area contributed by atoms with Crippen LogP contribution < -0.4 is 5.32 Å². The second-order valence-electron chi connectivity index (χ2n) is 5.93. The minimum absolute atomic E-state index is 0. The van der Waals surface area contributed by atoms with Crippen LogP contribution in [-0.4, -0.2) is 19.1 Å². The highest BCUT2D eigenvalue weighted by molar-refractivity contribution is 5.85. The van der Waals surface area contributed by atoms with Crippen molar-refractivity contribution in [1.29, 1.82) is 0 Å². The largest absolute Gasteiger partial charge is 0.466 e. The molecule has 3 rings (SSSR count). The number of hydrogen-bond donors (Lipinski definition) is 1. The average Bonchev–Trinajstić information content (AvgIpc) is 2.60. The SMILES string of the molecule is CCOC(=O)CC(c1ccccc1)c1ccc2c(c1)CCNC2.Cl. The third-order valence-corrected chi connectivity index (χ3v) is 4.40. The fourth-order valence-electron chi connectivity index (χ4n) is 3.21. The first kappa shape index (κ1) is 18.5. The van der Waals surface area contributed by atoms with Gasteiger partial charge in [0.25, 0.3) is 0 Å². The first-order valence-corrected chi connectivity index (χ1v) is 8.31. The van der Waals surface area contributed by atoms with Gasteiger partial charge in [0.2, 0.25) is 0 Å². The van der Waals surface area contributed by atoms with E-state index in [4.69, 9.17) is 4.74 Å². The molecular formula is C20H24ClNO2. The van der Waals surface area contributed by atoms with Crippen molar-refractivity contribution in [3.63, 3.8) is 0 Å². The second kappa shape index (κ2) is 8.86. The van der Waals surface area contributed by atoms with E-state index in [1.54, 1.807) is 0 Å². The van der Waals surface area contributed by atoms with Gasteiger partial charge in [0, 0.05) is 12.5 Å². The number of esters is 1. The van der Waals surface area contributed by atoms with E-state index in [1.807, 2.05) is 25.1 Å². The Morgan fingerprint density at radius 1 is 1.12 bits per heavy atom. The van der Waals surface area contributed by atoms with Gasteiger partial charge in [0.1, 0.15) is 0 Å². The molecule has 0 amide bonds. The van der Waals surface area contributed by atoms with Crippen molar-refractivity contribution in [2.75, 3.05) is 13.2 Å². The molecule has 4 heteroatoms. The lowest BCUT2D eigenvalue weighted by atomic mass is 9.86. The van der Waals surface area contributed by atoms with Gasteiger partial charge in [0.15, 0.2) is 0 Å². The molecule has 1 aliphatic heterocycles. The van der Waals surface area contributed by atoms with Gasteiger partial charge in [-0.1, -0.05) is 48.5 Å². The zero-order chi connectivity index (χ0) is 16.1. The van der Waals surface area contributed by atoms with E-state index in [1.165, 1.54) is 16.7 Å². The molecule has 128 valence electrons. The van der Waals surface area contributed by atoms with Crippen molar-refractivity contribution >= 4 is 18.4 Å². The number of carbonyl (C=O) groups excluding carboxylic acids is 1. The number of hydrogen-bond acceptors (Lipinski definition) is 3. The monoisotopic (exact) mass is 345 g/mol. The number of halogens is 1. The molecule has 1 N–H and O–H groups in total. The highest BCUT2D eigenvalue weighted by Gasteiger charge is 2.20. The lowest BCUT2D eigenvalue weighted by molar-refractivity contribution is -0.143. The summed E-state index contributed by atoms with van der Waals surface area (Å²) in [6.07, 6.45) is 1.43. The van der Waals surface area contributed by atoms with Crippen molar-refractivity contribution in [3.8, 4) is 0 Å². The van der Waals surface area contributed by atoms with Crippen LogP contribution in [0, 0.1) is 0 Å². The van der Waals surface area contributed by atoms with Gasteiger partial charge in [-0.15, -0.1) is 12.4 Å². The number of nitrogens with one attached hydrogen (secondary N) is 1. The molecule has 1 heterocycles. The van der Waals surface area contributed by atoms with Gasteiger partial charge in [-0.25, -0.2) is 0 Å². The molecule has 1 aliphatic rings. The van der Waals surface area contributed by atoms with Crippen LogP contribution in [0.1, 0.15) is 41.5 Å². The van der Waals surface area contributed by atoms with E-state index in [2.05, 4.69) is 35.6 Å². The summed E-state index contributed by atoms with van der Waals surface area (Å²) in [5, 5.41) is 3.40. The average molecular weight is 346 g/mol. The van der Waals surface area contributed by atoms with Crippen LogP contribution in [0.25, 0.3) is 0 Å². The Morgan fingerprint density at radius 3 is 2.67 bits per heavy atom. The Morgan fingerprint density at radius 2 is 1.92 bits per heavy atom. The van der Waals surface area contributed by atoms with E-state index in [0.717, 1.165) is 25.1 Å². The Hall–Kier alpha value is -1.84. The summed E-state index contributed by atoms with van der Waals surface area (Å²) in [6, 6.07) is 16.8. The Kier molecular flexibility index (Phi) is 6.83. The summed E-state index contributed by atoms with van der Waals surface area (Å²) < 4.78 is 5.18. The van der Waals surface area contributed by atoms with Crippen LogP contribution in [0.4, 0.5) is 0 Å². The van der Waals surface area contributed by atoms with E-state index in [-0.39, 0.29) is 24.3 Å². The maximum absolute atomic E-state index is 12.1. The zero-order valence-corrected chi connectivity index (χ0v) is 14.8. The number of fused-ring (bicyclic) bond motifs is 1. The first-order valence-electron chi connectivity index (χ1n) is 8.31. The summed E-state index contributed by atoms with van der Waals surface area (Å²) in [7, 11) is 0. The van der Waals surface area contributed by atoms with Crippen molar-refractivity contribution < 1.29 is 9.53 Å². The van der Waals surface area contributed by atoms with Crippen molar-refractivity contribution in [2.24, 2.45) is 0 Å². The molecular weight excluding hydrogens is 322 g/mol. The van der Waals surface area contributed by atoms with Crippen LogP contribution in [0.3, 0.4) is 0 Å². The van der Waals surface area contributed by atoms with Gasteiger partial charge in [0.05, 0.1) is 13.0 Å². The van der Waals surface area contributed by atoms with Crippen molar-refractivity contribution in [1.82, 2.24) is 5.32 Å². The van der Waals surface area contributed by atoms with Crippen LogP contribution >= 0.6 is 12.4 Å². The van der Waals surface area contributed by atoms with E-state index in [9.17, 15) is 4.79 Å². The third kappa shape index (κ3) is 4.37. The number of benzene rings is 2. The smallest absolute Gasteiger partial charge is 0.306 e. The Labute approximate surface area is 149 Å². The number of carbonyl (C=O) groups is 1. The molecule has 0 saturated heterocycles. The van der Waals surface area contributed by atoms with Gasteiger partial charge in [-0.05, 0) is 42.1 Å². The molecule has 0 fully saturated rings. The second-order valence-corrected chi connectivity index (χ2v) is 5.93. The maximum atomic E-state index is 12.1. The fraction of sp³-hybridized carbons (Fsp3) is 0.350. The topological polar surface area (TPSA) is 38.3 Å². The molecule has 1 atom stereocenters. The lowest BCUT2D eigenvalue weighted by Gasteiger charge is -2.22. The molecule has 0 bridgehead atoms. The third-order valence-electron chi connectivity index (χ3n) is 4.40. The molecule has 2 aromatic carbocycles. The molecule has 0 spiro atoms. The fourth-order valence-corrected chi connectivity index (χ4v) is 3.21. The van der Waals surface area contributed by atoms with Gasteiger partial charge in [-0.3, -0.25) is 4.79 Å². The summed E-state index contributed by atoms with van der Waals surface area (Å²) in [4.78, 5) is 12.1. The lowest BCUT2D eigenvalue weighted by Crippen LogP contribution is -2.23. The minimum Gasteiger partial charge on any atom is -0.466 e. The van der Waals surface area contributed by atoms with Crippen LogP contribution in [-0.2, 0) is 22.5 Å². The van der Waals surface area contributed by atoms with Crippen molar-refractivity contribution in [2.45, 2.75) is 32.2 Å². The molecule has 0 aromatic heterocycles. The molecule has 0 radical (unpaired) electrons. The molecule has 2 aromatic rings. The molecule has 3 nitrogen and oxygen atoms in total. The normalized spacial score (nSPS) is 14.2. The number of ether oxygens (including phenoxy) is 1. The highest BCUT2D eigenvalue weighted by Crippen LogP contribution is 2.30. The molecule has 0 aliphatic carbocycles. The van der Waals surface area contributed by atoms with Crippen LogP contribution in [0.15, 0.2) is 48.5 Å². The minimum atomic E-state index is -0.138. The van der Waals surface area contributed by atoms with Gasteiger partial charge >= 0.3 is 5.97 Å². The summed E-state index contributed by atoms with van der Waals surface area (Å²) in [5.74, 6) is -0.0869. The first-order chi connectivity index (χ1) is 11.3. The standard InChI is InChI=1S/C20H23NO2.ClH/c1-2-23-20(22)13-19(15-6-4-3-5-7-15)17-8-9-18-14-21-11-10-16(18)12-17;/h3-9,12,19,21H,2,10-11,13-14H2,1H3;1H. The maximum Gasteiger partial charge on any atom is 0.306 e. The Bertz CT molecular complexity index is 673. The van der Waals surface area contributed by atoms with Crippen molar-refractivity contribution in [3.05, 3.63) is 70.8 Å². The van der Waals surface area contributed by atoms with E-state index < -0.39 is 0 Å². The molecule has 1 unspecified atom stereocenters. The molecule has 24 heavy (non-hydrogen) atoms. The summed E-state index contributed by atoms with van der Waals surface area (Å²) >= 11 is 0. The Balaban J connectivity index is 0.00000208. The van der Waals surface area contributed by atoms with Crippen LogP contribution in [0.5, 0.6) is 0 Å².